The lowest BCUT2D eigenvalue weighted by molar-refractivity contribution is -0.145. The fourth-order valence-electron chi connectivity index (χ4n) is 3.32. The monoisotopic (exact) mass is 376 g/mol. The molecule has 2 N–H and O–H groups in total. The number of carbonyl (C=O) groups is 3. The van der Waals surface area contributed by atoms with E-state index in [2.05, 4.69) is 5.32 Å². The average molecular weight is 376 g/mol. The molecule has 1 aromatic rings. The van der Waals surface area contributed by atoms with Gasteiger partial charge in [0.15, 0.2) is 11.5 Å². The van der Waals surface area contributed by atoms with Crippen LogP contribution in [0.1, 0.15) is 26.7 Å². The van der Waals surface area contributed by atoms with Gasteiger partial charge in [-0.3, -0.25) is 9.59 Å². The van der Waals surface area contributed by atoms with E-state index in [1.165, 1.54) is 4.90 Å². The van der Waals surface area contributed by atoms with Gasteiger partial charge in [0.2, 0.25) is 11.8 Å². The van der Waals surface area contributed by atoms with Crippen molar-refractivity contribution in [2.24, 2.45) is 11.8 Å². The third-order valence-corrected chi connectivity index (χ3v) is 5.14. The van der Waals surface area contributed by atoms with E-state index in [1.54, 1.807) is 25.1 Å². The van der Waals surface area contributed by atoms with Crippen molar-refractivity contribution >= 4 is 23.5 Å². The van der Waals surface area contributed by atoms with Gasteiger partial charge in [-0.2, -0.15) is 0 Å². The summed E-state index contributed by atoms with van der Waals surface area (Å²) in [6, 6.07) is 4.23. The molecule has 0 spiro atoms. The Morgan fingerprint density at radius 2 is 2.00 bits per heavy atom. The number of carbonyl (C=O) groups excluding carboxylic acids is 2. The number of anilines is 1. The van der Waals surface area contributed by atoms with Gasteiger partial charge in [0, 0.05) is 18.3 Å². The molecule has 2 amide bonds. The van der Waals surface area contributed by atoms with Crippen molar-refractivity contribution in [3.8, 4) is 11.5 Å². The van der Waals surface area contributed by atoms with E-state index in [1.807, 2.05) is 6.92 Å². The third-order valence-electron chi connectivity index (χ3n) is 5.14. The number of aliphatic carboxylic acids is 1. The van der Waals surface area contributed by atoms with Crippen LogP contribution >= 0.6 is 0 Å². The largest absolute Gasteiger partial charge is 0.486 e. The number of nitrogens with zero attached hydrogens (tertiary/aromatic N) is 1. The van der Waals surface area contributed by atoms with Crippen LogP contribution in [-0.4, -0.2) is 48.7 Å². The quantitative estimate of drug-likeness (QED) is 0.728. The molecule has 8 heteroatoms. The number of amides is 2. The van der Waals surface area contributed by atoms with Crippen LogP contribution < -0.4 is 19.7 Å². The summed E-state index contributed by atoms with van der Waals surface area (Å²) in [5, 5.41) is 11.9. The van der Waals surface area contributed by atoms with Gasteiger partial charge in [-0.05, 0) is 24.5 Å². The normalized spacial score (nSPS) is 20.9. The molecule has 146 valence electrons. The molecule has 0 radical (unpaired) electrons. The van der Waals surface area contributed by atoms with Crippen molar-refractivity contribution < 1.29 is 29.0 Å². The molecule has 2 heterocycles. The number of carboxylic acid groups (broad SMARTS) is 1. The number of hydrogen-bond donors (Lipinski definition) is 2. The maximum absolute atomic E-state index is 12.8. The molecule has 1 saturated heterocycles. The number of fused-ring (bicyclic) bond motifs is 1. The lowest BCUT2D eigenvalue weighted by Crippen LogP contribution is -2.48. The minimum Gasteiger partial charge on any atom is -0.486 e. The number of benzene rings is 1. The second-order valence-electron chi connectivity index (χ2n) is 6.87. The first-order chi connectivity index (χ1) is 12.9. The topological polar surface area (TPSA) is 105 Å². The van der Waals surface area contributed by atoms with Crippen LogP contribution in [0.3, 0.4) is 0 Å². The lowest BCUT2D eigenvalue weighted by Gasteiger charge is -2.23. The van der Waals surface area contributed by atoms with E-state index >= 15 is 0 Å². The predicted molar refractivity (Wildman–Crippen MR) is 96.9 cm³/mol. The van der Waals surface area contributed by atoms with E-state index < -0.39 is 23.8 Å². The van der Waals surface area contributed by atoms with Crippen molar-refractivity contribution in [2.45, 2.75) is 32.7 Å². The standard InChI is InChI=1S/C19H24N2O6/c1-3-11(2)16(19(24)25)20-17(22)13-6-7-21(18(13)23)12-4-5-14-15(10-12)27-9-8-26-14/h4-5,10-11,13,16H,3,6-9H2,1-2H3,(H,20,22)(H,24,25)/t11-,13?,16-/m0/s1. The van der Waals surface area contributed by atoms with Crippen LogP contribution in [0.4, 0.5) is 5.69 Å². The summed E-state index contributed by atoms with van der Waals surface area (Å²) in [4.78, 5) is 38.2. The summed E-state index contributed by atoms with van der Waals surface area (Å²) < 4.78 is 11.0. The highest BCUT2D eigenvalue weighted by Gasteiger charge is 2.39. The van der Waals surface area contributed by atoms with Gasteiger partial charge in [0.25, 0.3) is 0 Å². The molecule has 0 aliphatic carbocycles. The predicted octanol–water partition coefficient (Wildman–Crippen LogP) is 1.43. The molecule has 1 unspecified atom stereocenters. The van der Waals surface area contributed by atoms with Crippen LogP contribution in [0.15, 0.2) is 18.2 Å². The maximum atomic E-state index is 12.8. The van der Waals surface area contributed by atoms with Gasteiger partial charge in [-0.25, -0.2) is 4.79 Å². The fourth-order valence-corrected chi connectivity index (χ4v) is 3.32. The van der Waals surface area contributed by atoms with Crippen molar-refractivity contribution in [1.29, 1.82) is 0 Å². The van der Waals surface area contributed by atoms with E-state index in [-0.39, 0.29) is 11.8 Å². The molecule has 2 aliphatic rings. The molecule has 0 saturated carbocycles. The molecule has 3 rings (SSSR count). The third kappa shape index (κ3) is 3.84. The Morgan fingerprint density at radius 1 is 1.30 bits per heavy atom. The van der Waals surface area contributed by atoms with Gasteiger partial charge in [-0.1, -0.05) is 20.3 Å². The Balaban J connectivity index is 1.71. The van der Waals surface area contributed by atoms with Gasteiger partial charge in [-0.15, -0.1) is 0 Å². The second kappa shape index (κ2) is 7.85. The number of hydrogen-bond acceptors (Lipinski definition) is 5. The number of nitrogens with one attached hydrogen (secondary N) is 1. The summed E-state index contributed by atoms with van der Waals surface area (Å²) in [7, 11) is 0. The summed E-state index contributed by atoms with van der Waals surface area (Å²) in [5.41, 5.74) is 0.635. The zero-order chi connectivity index (χ0) is 19.6. The summed E-state index contributed by atoms with van der Waals surface area (Å²) in [6.45, 7) is 4.94. The van der Waals surface area contributed by atoms with Crippen molar-refractivity contribution in [2.75, 3.05) is 24.7 Å². The van der Waals surface area contributed by atoms with Crippen molar-refractivity contribution in [3.63, 3.8) is 0 Å². The fraction of sp³-hybridized carbons (Fsp3) is 0.526. The molecule has 0 bridgehead atoms. The Hall–Kier alpha value is -2.77. The molecule has 1 fully saturated rings. The Bertz CT molecular complexity index is 750. The molecule has 3 atom stereocenters. The maximum Gasteiger partial charge on any atom is 0.326 e. The van der Waals surface area contributed by atoms with Crippen molar-refractivity contribution in [3.05, 3.63) is 18.2 Å². The van der Waals surface area contributed by atoms with E-state index in [0.29, 0.717) is 49.8 Å². The van der Waals surface area contributed by atoms with Gasteiger partial charge >= 0.3 is 5.97 Å². The molecule has 8 nitrogen and oxygen atoms in total. The summed E-state index contributed by atoms with van der Waals surface area (Å²) in [6.07, 6.45) is 0.950. The zero-order valence-electron chi connectivity index (χ0n) is 15.4. The Morgan fingerprint density at radius 3 is 2.67 bits per heavy atom. The van der Waals surface area contributed by atoms with Crippen LogP contribution in [-0.2, 0) is 14.4 Å². The van der Waals surface area contributed by atoms with Gasteiger partial charge in [0.1, 0.15) is 25.2 Å². The highest BCUT2D eigenvalue weighted by Crippen LogP contribution is 2.36. The number of rotatable bonds is 6. The molecular weight excluding hydrogens is 352 g/mol. The minimum atomic E-state index is -1.09. The summed E-state index contributed by atoms with van der Waals surface area (Å²) in [5.74, 6) is -1.87. The lowest BCUT2D eigenvalue weighted by atomic mass is 9.98. The van der Waals surface area contributed by atoms with Crippen molar-refractivity contribution in [1.82, 2.24) is 5.32 Å². The average Bonchev–Trinajstić information content (AvgIpc) is 3.06. The van der Waals surface area contributed by atoms with E-state index in [4.69, 9.17) is 9.47 Å². The zero-order valence-corrected chi connectivity index (χ0v) is 15.4. The molecule has 27 heavy (non-hydrogen) atoms. The van der Waals surface area contributed by atoms with Crippen LogP contribution in [0.2, 0.25) is 0 Å². The Kier molecular flexibility index (Phi) is 5.53. The number of ether oxygens (including phenoxy) is 2. The first-order valence-corrected chi connectivity index (χ1v) is 9.16. The van der Waals surface area contributed by atoms with Gasteiger partial charge in [0.05, 0.1) is 0 Å². The first-order valence-electron chi connectivity index (χ1n) is 9.16. The minimum absolute atomic E-state index is 0.225. The van der Waals surface area contributed by atoms with Crippen LogP contribution in [0.25, 0.3) is 0 Å². The van der Waals surface area contributed by atoms with Gasteiger partial charge < -0.3 is 24.8 Å². The smallest absolute Gasteiger partial charge is 0.326 e. The molecule has 2 aliphatic heterocycles. The number of carboxylic acids is 1. The van der Waals surface area contributed by atoms with E-state index in [0.717, 1.165) is 0 Å². The molecule has 0 aromatic heterocycles. The van der Waals surface area contributed by atoms with E-state index in [9.17, 15) is 19.5 Å². The molecular formula is C19H24N2O6. The second-order valence-corrected chi connectivity index (χ2v) is 6.87. The Labute approximate surface area is 157 Å². The highest BCUT2D eigenvalue weighted by atomic mass is 16.6. The molecule has 1 aromatic carbocycles. The summed E-state index contributed by atoms with van der Waals surface area (Å²) >= 11 is 0. The van der Waals surface area contributed by atoms with Crippen LogP contribution in [0, 0.1) is 11.8 Å². The first kappa shape index (κ1) is 19.0. The SMILES string of the molecule is CC[C@H](C)[C@H](NC(=O)C1CCN(c2ccc3c(c2)OCCO3)C1=O)C(=O)O. The highest BCUT2D eigenvalue weighted by molar-refractivity contribution is 6.10. The van der Waals surface area contributed by atoms with Crippen LogP contribution in [0.5, 0.6) is 11.5 Å².